The summed E-state index contributed by atoms with van der Waals surface area (Å²) in [5.74, 6) is 0. The van der Waals surface area contributed by atoms with E-state index >= 15 is 0 Å². The molecule has 0 unspecified atom stereocenters. The van der Waals surface area contributed by atoms with E-state index in [1.807, 2.05) is 6.92 Å². The van der Waals surface area contributed by atoms with Gasteiger partial charge in [0.25, 0.3) is 5.56 Å². The summed E-state index contributed by atoms with van der Waals surface area (Å²) in [5, 5.41) is 0.753. The molecule has 2 rings (SSSR count). The summed E-state index contributed by atoms with van der Waals surface area (Å²) < 4.78 is 0.981. The molecule has 4 nitrogen and oxygen atoms in total. The lowest BCUT2D eigenvalue weighted by Gasteiger charge is -2.09. The van der Waals surface area contributed by atoms with Gasteiger partial charge in [0.2, 0.25) is 0 Å². The van der Waals surface area contributed by atoms with Crippen molar-refractivity contribution < 1.29 is 0 Å². The van der Waals surface area contributed by atoms with Crippen LogP contribution in [0.5, 0.6) is 0 Å². The van der Waals surface area contributed by atoms with Crippen LogP contribution in [0.15, 0.2) is 27.8 Å². The average Bonchev–Trinajstić information content (AvgIpc) is 2.33. The van der Waals surface area contributed by atoms with Crippen LogP contribution in [0.1, 0.15) is 18.9 Å². The Labute approximate surface area is 129 Å². The van der Waals surface area contributed by atoms with Gasteiger partial charge >= 0.3 is 5.69 Å². The highest BCUT2D eigenvalue weighted by Crippen LogP contribution is 2.20. The Morgan fingerprint density at radius 1 is 1.10 bits per heavy atom. The topological polar surface area (TPSA) is 54.9 Å². The van der Waals surface area contributed by atoms with Crippen molar-refractivity contribution in [2.45, 2.75) is 19.8 Å². The minimum Gasteiger partial charge on any atom is -0.297 e. The largest absolute Gasteiger partial charge is 0.334 e. The molecule has 0 bridgehead atoms. The molecule has 1 aromatic carbocycles. The molecule has 0 atom stereocenters. The zero-order valence-electron chi connectivity index (χ0n) is 10.5. The van der Waals surface area contributed by atoms with Gasteiger partial charge in [-0.25, -0.2) is 9.36 Å². The lowest BCUT2D eigenvalue weighted by Crippen LogP contribution is -2.36. The Morgan fingerprint density at radius 3 is 2.25 bits per heavy atom. The number of aromatic nitrogens is 2. The van der Waals surface area contributed by atoms with Gasteiger partial charge in [0, 0.05) is 10.0 Å². The number of hydrogen-bond donors (Lipinski definition) is 1. The van der Waals surface area contributed by atoms with Gasteiger partial charge in [-0.2, -0.15) is 0 Å². The first-order valence-corrected chi connectivity index (χ1v) is 7.07. The van der Waals surface area contributed by atoms with Crippen molar-refractivity contribution >= 4 is 34.8 Å². The number of rotatable bonds is 3. The fourth-order valence-electron chi connectivity index (χ4n) is 1.92. The van der Waals surface area contributed by atoms with E-state index in [0.717, 1.165) is 11.0 Å². The molecule has 1 heterocycles. The van der Waals surface area contributed by atoms with Crippen molar-refractivity contribution in [2.75, 3.05) is 0 Å². The molecule has 0 aliphatic carbocycles. The summed E-state index contributed by atoms with van der Waals surface area (Å²) in [6, 6.07) is 4.51. The predicted octanol–water partition coefficient (Wildman–Crippen LogP) is 3.44. The molecule has 0 fully saturated rings. The Balaban J connectivity index is 2.77. The molecule has 1 aromatic heterocycles. The predicted molar refractivity (Wildman–Crippen MR) is 81.7 cm³/mol. The maximum atomic E-state index is 12.4. The molecule has 0 saturated carbocycles. The summed E-state index contributed by atoms with van der Waals surface area (Å²) >= 11 is 17.7. The molecule has 106 valence electrons. The van der Waals surface area contributed by atoms with Crippen molar-refractivity contribution in [1.29, 1.82) is 0 Å². The lowest BCUT2D eigenvalue weighted by atomic mass is 10.2. The number of benzene rings is 1. The van der Waals surface area contributed by atoms with Crippen LogP contribution in [0.25, 0.3) is 5.69 Å². The summed E-state index contributed by atoms with van der Waals surface area (Å²) in [6.07, 6.45) is 1.21. The second kappa shape index (κ2) is 6.04. The average molecular weight is 334 g/mol. The van der Waals surface area contributed by atoms with E-state index < -0.39 is 11.2 Å². The molecule has 0 spiro atoms. The summed E-state index contributed by atoms with van der Waals surface area (Å²) in [5.41, 5.74) is -0.412. The van der Waals surface area contributed by atoms with Crippen LogP contribution in [0.4, 0.5) is 0 Å². The first-order chi connectivity index (χ1) is 9.43. The Bertz CT molecular complexity index is 745. The van der Waals surface area contributed by atoms with Gasteiger partial charge in [0.1, 0.15) is 5.15 Å². The smallest absolute Gasteiger partial charge is 0.297 e. The van der Waals surface area contributed by atoms with Crippen molar-refractivity contribution in [2.24, 2.45) is 0 Å². The fraction of sp³-hybridized carbons (Fsp3) is 0.231. The van der Waals surface area contributed by atoms with Crippen LogP contribution >= 0.6 is 34.8 Å². The van der Waals surface area contributed by atoms with Crippen molar-refractivity contribution in [3.05, 3.63) is 59.8 Å². The molecular formula is C13H11Cl3N2O2. The Morgan fingerprint density at radius 2 is 1.70 bits per heavy atom. The molecule has 7 heteroatoms. The quantitative estimate of drug-likeness (QED) is 0.875. The maximum absolute atomic E-state index is 12.4. The molecule has 0 aliphatic heterocycles. The van der Waals surface area contributed by atoms with Crippen molar-refractivity contribution in [3.63, 3.8) is 0 Å². The molecular weight excluding hydrogens is 323 g/mol. The Hall–Kier alpha value is -1.23. The summed E-state index contributed by atoms with van der Waals surface area (Å²) in [7, 11) is 0. The van der Waals surface area contributed by atoms with Crippen LogP contribution in [0.2, 0.25) is 15.2 Å². The molecule has 2 aromatic rings. The van der Waals surface area contributed by atoms with E-state index in [9.17, 15) is 9.59 Å². The van der Waals surface area contributed by atoms with Gasteiger partial charge in [-0.05, 0) is 24.6 Å². The molecule has 0 saturated heterocycles. The third-order valence-corrected chi connectivity index (χ3v) is 3.51. The molecule has 0 radical (unpaired) electrons. The van der Waals surface area contributed by atoms with Crippen LogP contribution in [0, 0.1) is 0 Å². The number of H-pyrrole nitrogens is 1. The maximum Gasteiger partial charge on any atom is 0.334 e. The van der Waals surface area contributed by atoms with E-state index in [0.29, 0.717) is 27.7 Å². The van der Waals surface area contributed by atoms with Crippen LogP contribution < -0.4 is 11.2 Å². The number of nitrogens with one attached hydrogen (secondary N) is 1. The lowest BCUT2D eigenvalue weighted by molar-refractivity contribution is 0.812. The number of aromatic amines is 1. The number of halogens is 3. The zero-order chi connectivity index (χ0) is 14.9. The van der Waals surface area contributed by atoms with Gasteiger partial charge < -0.3 is 0 Å². The van der Waals surface area contributed by atoms with Crippen LogP contribution in [0.3, 0.4) is 0 Å². The third kappa shape index (κ3) is 2.92. The fourth-order valence-corrected chi connectivity index (χ4v) is 2.69. The molecule has 20 heavy (non-hydrogen) atoms. The van der Waals surface area contributed by atoms with E-state index in [2.05, 4.69) is 4.98 Å². The van der Waals surface area contributed by atoms with Crippen LogP contribution in [-0.2, 0) is 6.42 Å². The minimum absolute atomic E-state index is 0.0752. The number of nitrogens with zero attached hydrogens (tertiary/aromatic N) is 1. The third-order valence-electron chi connectivity index (χ3n) is 2.75. The summed E-state index contributed by atoms with van der Waals surface area (Å²) in [4.78, 5) is 26.8. The highest BCUT2D eigenvalue weighted by molar-refractivity contribution is 6.34. The van der Waals surface area contributed by atoms with Crippen molar-refractivity contribution in [3.8, 4) is 5.69 Å². The SMILES string of the molecule is CCCc1c(Cl)[nH]c(=O)n(-c2cc(Cl)cc(Cl)c2)c1=O. The van der Waals surface area contributed by atoms with Gasteiger partial charge in [-0.15, -0.1) is 0 Å². The van der Waals surface area contributed by atoms with Crippen molar-refractivity contribution in [1.82, 2.24) is 9.55 Å². The van der Waals surface area contributed by atoms with E-state index in [1.165, 1.54) is 18.2 Å². The zero-order valence-corrected chi connectivity index (χ0v) is 12.8. The highest BCUT2D eigenvalue weighted by Gasteiger charge is 2.14. The minimum atomic E-state index is -0.627. The first-order valence-electron chi connectivity index (χ1n) is 5.94. The molecule has 1 N–H and O–H groups in total. The van der Waals surface area contributed by atoms with E-state index in [-0.39, 0.29) is 5.15 Å². The van der Waals surface area contributed by atoms with Gasteiger partial charge in [0.15, 0.2) is 0 Å². The monoisotopic (exact) mass is 332 g/mol. The Kier molecular flexibility index (Phi) is 4.58. The van der Waals surface area contributed by atoms with Crippen LogP contribution in [-0.4, -0.2) is 9.55 Å². The highest BCUT2D eigenvalue weighted by atomic mass is 35.5. The first kappa shape index (κ1) is 15.2. The van der Waals surface area contributed by atoms with Gasteiger partial charge in [-0.1, -0.05) is 48.1 Å². The second-order valence-corrected chi connectivity index (χ2v) is 5.49. The second-order valence-electron chi connectivity index (χ2n) is 4.24. The summed E-state index contributed by atoms with van der Waals surface area (Å²) in [6.45, 7) is 1.92. The van der Waals surface area contributed by atoms with Gasteiger partial charge in [0.05, 0.1) is 11.3 Å². The normalized spacial score (nSPS) is 10.8. The standard InChI is InChI=1S/C13H11Cl3N2O2/c1-2-3-10-11(16)17-13(20)18(12(10)19)9-5-7(14)4-8(15)6-9/h4-6H,2-3H2,1H3,(H,17,20). The number of hydrogen-bond acceptors (Lipinski definition) is 2. The molecule has 0 aliphatic rings. The van der Waals surface area contributed by atoms with E-state index in [1.54, 1.807) is 0 Å². The molecule has 0 amide bonds. The van der Waals surface area contributed by atoms with Gasteiger partial charge in [-0.3, -0.25) is 9.78 Å². The van der Waals surface area contributed by atoms with E-state index in [4.69, 9.17) is 34.8 Å².